The lowest BCUT2D eigenvalue weighted by Gasteiger charge is -2.37. The Morgan fingerprint density at radius 2 is 1.78 bits per heavy atom. The number of hydrogen-bond acceptors (Lipinski definition) is 10. The van der Waals surface area contributed by atoms with Gasteiger partial charge in [0.15, 0.2) is 10.8 Å². The van der Waals surface area contributed by atoms with E-state index in [0.717, 1.165) is 26.9 Å². The number of esters is 1. The molecule has 14 heteroatoms. The Morgan fingerprint density at radius 3 is 2.53 bits per heavy atom. The number of aromatic nitrogens is 2. The standard InChI is InChI=1S/C44H47F2N5O6S/c1-27-30(12-8-15-35(27)56-23-9-11-29-20-21-50(25-38(52)53)26-44(29,45)46)31-17-18-37(48-39(31)41(55)57-43(2,3)4)51-22-19-28-10-7-13-32(33(28)24-51)40(54)49-42-47-34-14-5-6-16-36(34)58-42/h5-8,10,12-18,29H,9,11,19-26H2,1-4H3,(H,52,53)(H,47,49,54)/t29-/m1/s1. The number of aliphatic carboxylic acids is 1. The van der Waals surface area contributed by atoms with Gasteiger partial charge < -0.3 is 19.5 Å². The van der Waals surface area contributed by atoms with Crippen molar-refractivity contribution in [3.8, 4) is 16.9 Å². The molecule has 0 saturated carbocycles. The molecule has 0 spiro atoms. The molecule has 4 heterocycles. The molecule has 58 heavy (non-hydrogen) atoms. The maximum absolute atomic E-state index is 14.9. The molecule has 11 nitrogen and oxygen atoms in total. The number of nitrogens with one attached hydrogen (secondary N) is 1. The topological polar surface area (TPSA) is 134 Å². The normalized spacial score (nSPS) is 16.8. The summed E-state index contributed by atoms with van der Waals surface area (Å²) in [6, 6.07) is 22.7. The van der Waals surface area contributed by atoms with Gasteiger partial charge in [-0.2, -0.15) is 0 Å². The van der Waals surface area contributed by atoms with Crippen molar-refractivity contribution in [2.75, 3.05) is 43.0 Å². The number of hydrogen-bond donors (Lipinski definition) is 2. The van der Waals surface area contributed by atoms with Crippen molar-refractivity contribution in [3.63, 3.8) is 0 Å². The Labute approximate surface area is 340 Å². The fourth-order valence-electron chi connectivity index (χ4n) is 7.72. The molecule has 7 rings (SSSR count). The Hall–Kier alpha value is -5.47. The average molecular weight is 812 g/mol. The summed E-state index contributed by atoms with van der Waals surface area (Å²) in [6.07, 6.45) is 1.53. The summed E-state index contributed by atoms with van der Waals surface area (Å²) in [5.74, 6) is -4.65. The number of carboxylic acid groups (broad SMARTS) is 1. The van der Waals surface area contributed by atoms with Crippen LogP contribution in [0, 0.1) is 12.8 Å². The number of carbonyl (C=O) groups is 3. The van der Waals surface area contributed by atoms with E-state index in [0.29, 0.717) is 65.9 Å². The van der Waals surface area contributed by atoms with Crippen LogP contribution in [-0.4, -0.2) is 82.1 Å². The van der Waals surface area contributed by atoms with Gasteiger partial charge in [-0.15, -0.1) is 0 Å². The van der Waals surface area contributed by atoms with Crippen LogP contribution in [0.4, 0.5) is 19.7 Å². The number of halogens is 2. The minimum absolute atomic E-state index is 0.136. The van der Waals surface area contributed by atoms with Crippen molar-refractivity contribution >= 4 is 50.3 Å². The molecule has 0 aliphatic carbocycles. The number of carboxylic acids is 1. The second-order valence-electron chi connectivity index (χ2n) is 15.9. The minimum Gasteiger partial charge on any atom is -0.493 e. The fourth-order valence-corrected chi connectivity index (χ4v) is 8.58. The van der Waals surface area contributed by atoms with Crippen molar-refractivity contribution in [2.24, 2.45) is 5.92 Å². The molecule has 2 aromatic heterocycles. The van der Waals surface area contributed by atoms with Gasteiger partial charge in [0.1, 0.15) is 17.2 Å². The van der Waals surface area contributed by atoms with Gasteiger partial charge in [0.05, 0.1) is 29.9 Å². The molecule has 1 amide bonds. The Morgan fingerprint density at radius 1 is 0.983 bits per heavy atom. The summed E-state index contributed by atoms with van der Waals surface area (Å²) in [4.78, 5) is 51.4. The van der Waals surface area contributed by atoms with Crippen LogP contribution in [0.3, 0.4) is 0 Å². The van der Waals surface area contributed by atoms with E-state index >= 15 is 0 Å². The number of nitrogens with zero attached hydrogens (tertiary/aromatic N) is 4. The largest absolute Gasteiger partial charge is 0.493 e. The highest BCUT2D eigenvalue weighted by Crippen LogP contribution is 2.38. The number of amides is 1. The molecule has 1 atom stereocenters. The van der Waals surface area contributed by atoms with Gasteiger partial charge in [-0.1, -0.05) is 47.7 Å². The van der Waals surface area contributed by atoms with Crippen molar-refractivity contribution in [3.05, 3.63) is 101 Å². The van der Waals surface area contributed by atoms with E-state index in [9.17, 15) is 23.2 Å². The van der Waals surface area contributed by atoms with Crippen molar-refractivity contribution in [1.29, 1.82) is 0 Å². The lowest BCUT2D eigenvalue weighted by atomic mass is 9.88. The number of anilines is 2. The predicted octanol–water partition coefficient (Wildman–Crippen LogP) is 8.64. The number of thiazole rings is 1. The average Bonchev–Trinajstić information content (AvgIpc) is 3.58. The second kappa shape index (κ2) is 16.8. The maximum atomic E-state index is 14.9. The smallest absolute Gasteiger partial charge is 0.358 e. The molecular formula is C44H47F2N5O6S. The summed E-state index contributed by atoms with van der Waals surface area (Å²) in [7, 11) is 0. The van der Waals surface area contributed by atoms with Gasteiger partial charge in [-0.05, 0) is 119 Å². The molecule has 1 fully saturated rings. The number of para-hydroxylation sites is 1. The summed E-state index contributed by atoms with van der Waals surface area (Å²) >= 11 is 1.42. The minimum atomic E-state index is -2.98. The highest BCUT2D eigenvalue weighted by Gasteiger charge is 2.44. The highest BCUT2D eigenvalue weighted by atomic mass is 32.1. The van der Waals surface area contributed by atoms with E-state index in [1.54, 1.807) is 20.8 Å². The first-order valence-corrected chi connectivity index (χ1v) is 20.3. The maximum Gasteiger partial charge on any atom is 0.358 e. The zero-order chi connectivity index (χ0) is 41.2. The van der Waals surface area contributed by atoms with Gasteiger partial charge >= 0.3 is 11.9 Å². The van der Waals surface area contributed by atoms with E-state index in [1.165, 1.54) is 16.2 Å². The molecule has 3 aromatic carbocycles. The third-order valence-corrected chi connectivity index (χ3v) is 11.5. The van der Waals surface area contributed by atoms with Crippen LogP contribution in [0.25, 0.3) is 21.3 Å². The van der Waals surface area contributed by atoms with Gasteiger partial charge in [0.2, 0.25) is 0 Å². The van der Waals surface area contributed by atoms with Gasteiger partial charge in [-0.3, -0.25) is 19.8 Å². The van der Waals surface area contributed by atoms with Crippen LogP contribution in [-0.2, 0) is 22.5 Å². The zero-order valence-corrected chi connectivity index (χ0v) is 33.8. The van der Waals surface area contributed by atoms with Crippen LogP contribution in [0.2, 0.25) is 0 Å². The first-order valence-electron chi connectivity index (χ1n) is 19.5. The van der Waals surface area contributed by atoms with Gasteiger partial charge in [0, 0.05) is 30.1 Å². The molecule has 304 valence electrons. The van der Waals surface area contributed by atoms with Gasteiger partial charge in [-0.25, -0.2) is 23.5 Å². The molecule has 1 saturated heterocycles. The molecule has 5 aromatic rings. The number of benzene rings is 3. The number of alkyl halides is 2. The Bertz CT molecular complexity index is 2310. The lowest BCUT2D eigenvalue weighted by Crippen LogP contribution is -2.50. The Balaban J connectivity index is 1.09. The number of fused-ring (bicyclic) bond motifs is 2. The lowest BCUT2D eigenvalue weighted by molar-refractivity contribution is -0.145. The van der Waals surface area contributed by atoms with E-state index in [-0.39, 0.29) is 31.0 Å². The number of ether oxygens (including phenoxy) is 2. The summed E-state index contributed by atoms with van der Waals surface area (Å²) in [5, 5.41) is 12.5. The molecule has 0 bridgehead atoms. The second-order valence-corrected chi connectivity index (χ2v) is 16.9. The van der Waals surface area contributed by atoms with Crippen molar-refractivity contribution in [2.45, 2.75) is 71.4 Å². The van der Waals surface area contributed by atoms with E-state index in [4.69, 9.17) is 19.6 Å². The quantitative estimate of drug-likeness (QED) is 0.0932. The number of piperidine rings is 1. The number of pyridine rings is 1. The van der Waals surface area contributed by atoms with Crippen molar-refractivity contribution in [1.82, 2.24) is 14.9 Å². The first kappa shape index (κ1) is 40.7. The molecule has 2 aliphatic heterocycles. The van der Waals surface area contributed by atoms with Crippen molar-refractivity contribution < 1.29 is 37.7 Å². The van der Waals surface area contributed by atoms with Crippen LogP contribution in [0.5, 0.6) is 5.75 Å². The van der Waals surface area contributed by atoms with Crippen LogP contribution >= 0.6 is 11.3 Å². The molecule has 0 unspecified atom stereocenters. The molecule has 0 radical (unpaired) electrons. The first-order chi connectivity index (χ1) is 27.6. The fraction of sp³-hybridized carbons (Fsp3) is 0.386. The zero-order valence-electron chi connectivity index (χ0n) is 33.0. The number of likely N-dealkylation sites (tertiary alicyclic amines) is 1. The summed E-state index contributed by atoms with van der Waals surface area (Å²) in [5.41, 5.74) is 4.70. The summed E-state index contributed by atoms with van der Waals surface area (Å²) in [6.45, 7) is 7.86. The van der Waals surface area contributed by atoms with Crippen LogP contribution in [0.1, 0.15) is 77.6 Å². The molecule has 2 N–H and O–H groups in total. The number of rotatable bonds is 12. The van der Waals surface area contributed by atoms with E-state index in [1.807, 2.05) is 79.7 Å². The van der Waals surface area contributed by atoms with Crippen LogP contribution in [0.15, 0.2) is 72.8 Å². The third kappa shape index (κ3) is 9.29. The Kier molecular flexibility index (Phi) is 11.8. The van der Waals surface area contributed by atoms with E-state index < -0.39 is 42.5 Å². The molecule has 2 aliphatic rings. The number of carbonyl (C=O) groups excluding carboxylic acids is 2. The third-order valence-electron chi connectivity index (χ3n) is 10.5. The van der Waals surface area contributed by atoms with E-state index in [2.05, 4.69) is 15.2 Å². The van der Waals surface area contributed by atoms with Gasteiger partial charge in [0.25, 0.3) is 11.8 Å². The highest BCUT2D eigenvalue weighted by molar-refractivity contribution is 7.22. The van der Waals surface area contributed by atoms with Crippen LogP contribution < -0.4 is 15.0 Å². The molecular weight excluding hydrogens is 765 g/mol. The SMILES string of the molecule is Cc1c(OCCC[C@@H]2CCN(CC(=O)O)CC2(F)F)cccc1-c1ccc(N2CCc3cccc(C(=O)Nc4nc5ccccc5s4)c3C2)nc1C(=O)OC(C)(C)C. The monoisotopic (exact) mass is 811 g/mol. The summed E-state index contributed by atoms with van der Waals surface area (Å²) < 4.78 is 42.7. The predicted molar refractivity (Wildman–Crippen MR) is 220 cm³/mol.